The SMILES string of the molecule is CCN(CC)Cc1cccc(C2c3n[nH]c(=O)c4cccc(c34)NC2c2ccc(CN(C)C)cc2)c1. The number of rotatable bonds is 8. The maximum Gasteiger partial charge on any atom is 0.272 e. The molecule has 1 aromatic heterocycles. The molecule has 2 heterocycles. The van der Waals surface area contributed by atoms with Gasteiger partial charge < -0.3 is 10.2 Å². The first-order chi connectivity index (χ1) is 17.5. The molecule has 2 N–H and O–H groups in total. The van der Waals surface area contributed by atoms with Crippen molar-refractivity contribution in [1.29, 1.82) is 0 Å². The average Bonchev–Trinajstić information content (AvgIpc) is 2.89. The van der Waals surface area contributed by atoms with E-state index in [1.807, 2.05) is 18.2 Å². The quantitative estimate of drug-likeness (QED) is 0.366. The van der Waals surface area contributed by atoms with Gasteiger partial charge >= 0.3 is 0 Å². The Hall–Kier alpha value is -3.48. The number of aromatic amines is 1. The molecule has 0 aliphatic carbocycles. The third kappa shape index (κ3) is 4.66. The summed E-state index contributed by atoms with van der Waals surface area (Å²) in [5, 5.41) is 12.8. The van der Waals surface area contributed by atoms with Crippen molar-refractivity contribution in [2.45, 2.75) is 38.9 Å². The monoisotopic (exact) mass is 481 g/mol. The zero-order valence-corrected chi connectivity index (χ0v) is 21.6. The molecule has 6 nitrogen and oxygen atoms in total. The Balaban J connectivity index is 1.64. The van der Waals surface area contributed by atoms with Gasteiger partial charge in [0.05, 0.1) is 23.0 Å². The van der Waals surface area contributed by atoms with E-state index in [9.17, 15) is 4.79 Å². The van der Waals surface area contributed by atoms with Crippen molar-refractivity contribution in [1.82, 2.24) is 20.0 Å². The Morgan fingerprint density at radius 2 is 1.61 bits per heavy atom. The minimum absolute atomic E-state index is 0.0152. The van der Waals surface area contributed by atoms with Crippen molar-refractivity contribution in [2.75, 3.05) is 32.5 Å². The second-order valence-electron chi connectivity index (χ2n) is 9.95. The highest BCUT2D eigenvalue weighted by Crippen LogP contribution is 2.46. The number of hydrogen-bond donors (Lipinski definition) is 2. The molecule has 0 bridgehead atoms. The van der Waals surface area contributed by atoms with E-state index >= 15 is 0 Å². The highest BCUT2D eigenvalue weighted by atomic mass is 16.1. The van der Waals surface area contributed by atoms with Crippen molar-refractivity contribution in [3.63, 3.8) is 0 Å². The maximum atomic E-state index is 12.6. The maximum absolute atomic E-state index is 12.6. The van der Waals surface area contributed by atoms with Gasteiger partial charge in [0.15, 0.2) is 0 Å². The van der Waals surface area contributed by atoms with Crippen LogP contribution in [-0.2, 0) is 13.1 Å². The summed E-state index contributed by atoms with van der Waals surface area (Å²) < 4.78 is 0. The zero-order valence-electron chi connectivity index (χ0n) is 21.6. The topological polar surface area (TPSA) is 64.3 Å². The second-order valence-corrected chi connectivity index (χ2v) is 9.95. The lowest BCUT2D eigenvalue weighted by Crippen LogP contribution is -2.28. The first-order valence-corrected chi connectivity index (χ1v) is 12.8. The number of anilines is 1. The highest BCUT2D eigenvalue weighted by molar-refractivity contribution is 5.97. The van der Waals surface area contributed by atoms with Crippen molar-refractivity contribution >= 4 is 16.5 Å². The molecular formula is C30H35N5O. The van der Waals surface area contributed by atoms with Crippen LogP contribution in [0.25, 0.3) is 10.8 Å². The van der Waals surface area contributed by atoms with Gasteiger partial charge in [-0.25, -0.2) is 5.10 Å². The van der Waals surface area contributed by atoms with Crippen LogP contribution in [0.4, 0.5) is 5.69 Å². The van der Waals surface area contributed by atoms with Crippen molar-refractivity contribution in [2.24, 2.45) is 0 Å². The molecule has 0 saturated heterocycles. The molecule has 2 unspecified atom stereocenters. The Bertz CT molecular complexity index is 1410. The fourth-order valence-electron chi connectivity index (χ4n) is 5.41. The van der Waals surface area contributed by atoms with Crippen molar-refractivity contribution in [3.8, 4) is 0 Å². The molecule has 0 saturated carbocycles. The molecular weight excluding hydrogens is 446 g/mol. The number of hydrogen-bond acceptors (Lipinski definition) is 5. The molecule has 186 valence electrons. The number of nitrogens with one attached hydrogen (secondary N) is 2. The second kappa shape index (κ2) is 10.2. The van der Waals surface area contributed by atoms with Crippen LogP contribution in [0.1, 0.15) is 53.8 Å². The van der Waals surface area contributed by atoms with Crippen LogP contribution in [0.3, 0.4) is 0 Å². The van der Waals surface area contributed by atoms with Crippen molar-refractivity contribution in [3.05, 3.63) is 105 Å². The normalized spacial score (nSPS) is 17.1. The van der Waals surface area contributed by atoms with E-state index < -0.39 is 0 Å². The van der Waals surface area contributed by atoms with Gasteiger partial charge in [0.1, 0.15) is 0 Å². The van der Waals surface area contributed by atoms with Gasteiger partial charge in [-0.1, -0.05) is 68.4 Å². The molecule has 0 fully saturated rings. The van der Waals surface area contributed by atoms with E-state index in [1.165, 1.54) is 22.3 Å². The van der Waals surface area contributed by atoms with Crippen LogP contribution in [0.15, 0.2) is 71.5 Å². The molecule has 0 radical (unpaired) electrons. The third-order valence-electron chi connectivity index (χ3n) is 7.23. The average molecular weight is 482 g/mol. The van der Waals surface area contributed by atoms with Crippen LogP contribution >= 0.6 is 0 Å². The Morgan fingerprint density at radius 3 is 2.33 bits per heavy atom. The van der Waals surface area contributed by atoms with Gasteiger partial charge in [0.25, 0.3) is 5.56 Å². The summed E-state index contributed by atoms with van der Waals surface area (Å²) in [6, 6.07) is 23.6. The van der Waals surface area contributed by atoms with Gasteiger partial charge in [-0.15, -0.1) is 0 Å². The van der Waals surface area contributed by atoms with E-state index in [4.69, 9.17) is 0 Å². The molecule has 1 aliphatic rings. The molecule has 2 atom stereocenters. The van der Waals surface area contributed by atoms with Crippen LogP contribution in [0.2, 0.25) is 0 Å². The van der Waals surface area contributed by atoms with Gasteiger partial charge in [0.2, 0.25) is 0 Å². The van der Waals surface area contributed by atoms with Crippen LogP contribution in [0.5, 0.6) is 0 Å². The van der Waals surface area contributed by atoms with Crippen LogP contribution in [-0.4, -0.2) is 47.2 Å². The lowest BCUT2D eigenvalue weighted by atomic mass is 9.79. The predicted octanol–water partition coefficient (Wildman–Crippen LogP) is 5.13. The van der Waals surface area contributed by atoms with Gasteiger partial charge in [-0.3, -0.25) is 9.69 Å². The number of benzene rings is 3. The molecule has 36 heavy (non-hydrogen) atoms. The standard InChI is InChI=1S/C30H35N5O/c1-5-35(6-2)19-21-9-7-10-23(17-21)26-28(22-15-13-20(14-16-22)18-34(3)4)31-25-12-8-11-24-27(25)29(26)32-33-30(24)36/h7-17,26,28,31H,5-6,18-19H2,1-4H3,(H,33,36). The van der Waals surface area contributed by atoms with E-state index in [1.54, 1.807) is 0 Å². The largest absolute Gasteiger partial charge is 0.377 e. The third-order valence-corrected chi connectivity index (χ3v) is 7.23. The Morgan fingerprint density at radius 1 is 0.861 bits per heavy atom. The van der Waals surface area contributed by atoms with E-state index in [-0.39, 0.29) is 17.5 Å². The molecule has 5 rings (SSSR count). The molecule has 6 heteroatoms. The summed E-state index contributed by atoms with van der Waals surface area (Å²) in [6.45, 7) is 8.25. The Labute approximate surface area is 213 Å². The summed E-state index contributed by atoms with van der Waals surface area (Å²) in [5.74, 6) is -0.0457. The molecule has 1 aliphatic heterocycles. The first kappa shape index (κ1) is 24.2. The molecule has 0 spiro atoms. The first-order valence-electron chi connectivity index (χ1n) is 12.8. The van der Waals surface area contributed by atoms with Crippen LogP contribution in [0, 0.1) is 0 Å². The van der Waals surface area contributed by atoms with Crippen molar-refractivity contribution < 1.29 is 0 Å². The molecule has 3 aromatic carbocycles. The Kier molecular flexibility index (Phi) is 6.90. The summed E-state index contributed by atoms with van der Waals surface area (Å²) in [4.78, 5) is 17.2. The van der Waals surface area contributed by atoms with Crippen LogP contribution < -0.4 is 10.9 Å². The molecule has 4 aromatic rings. The number of H-pyrrole nitrogens is 1. The summed E-state index contributed by atoms with van der Waals surface area (Å²) in [5.41, 5.74) is 6.69. The van der Waals surface area contributed by atoms with E-state index in [0.717, 1.165) is 42.9 Å². The zero-order chi connectivity index (χ0) is 25.2. The van der Waals surface area contributed by atoms with Gasteiger partial charge in [-0.05, 0) is 61.6 Å². The van der Waals surface area contributed by atoms with E-state index in [0.29, 0.717) is 5.39 Å². The number of nitrogens with zero attached hydrogens (tertiary/aromatic N) is 3. The smallest absolute Gasteiger partial charge is 0.272 e. The summed E-state index contributed by atoms with van der Waals surface area (Å²) >= 11 is 0. The molecule has 0 amide bonds. The minimum Gasteiger partial charge on any atom is -0.377 e. The highest BCUT2D eigenvalue weighted by Gasteiger charge is 2.35. The minimum atomic E-state index is -0.155. The summed E-state index contributed by atoms with van der Waals surface area (Å²) in [7, 11) is 4.17. The van der Waals surface area contributed by atoms with E-state index in [2.05, 4.69) is 102 Å². The lowest BCUT2D eigenvalue weighted by molar-refractivity contribution is 0.296. The van der Waals surface area contributed by atoms with Gasteiger partial charge in [0, 0.05) is 24.2 Å². The fourth-order valence-corrected chi connectivity index (χ4v) is 5.41. The summed E-state index contributed by atoms with van der Waals surface area (Å²) in [6.07, 6.45) is 0. The van der Waals surface area contributed by atoms with Gasteiger partial charge in [-0.2, -0.15) is 5.10 Å². The predicted molar refractivity (Wildman–Crippen MR) is 147 cm³/mol. The number of aromatic nitrogens is 2. The fraction of sp³-hybridized carbons (Fsp3) is 0.333. The lowest BCUT2D eigenvalue weighted by Gasteiger charge is -2.35.